The molecule has 0 fully saturated rings. The van der Waals surface area contributed by atoms with Gasteiger partial charge in [-0.3, -0.25) is 14.5 Å². The van der Waals surface area contributed by atoms with Crippen molar-refractivity contribution in [2.24, 2.45) is 0 Å². The molecule has 1 heterocycles. The molecule has 2 amide bonds. The van der Waals surface area contributed by atoms with Crippen LogP contribution in [0.4, 0.5) is 5.69 Å². The van der Waals surface area contributed by atoms with Crippen LogP contribution in [-0.4, -0.2) is 23.3 Å². The predicted octanol–water partition coefficient (Wildman–Crippen LogP) is 1.76. The van der Waals surface area contributed by atoms with Crippen LogP contribution in [0.3, 0.4) is 0 Å². The summed E-state index contributed by atoms with van der Waals surface area (Å²) in [5.74, 6) is -0.490. The van der Waals surface area contributed by atoms with Crippen LogP contribution in [-0.2, 0) is 9.59 Å². The largest absolute Gasteiger partial charge is 0.351 e. The highest BCUT2D eigenvalue weighted by molar-refractivity contribution is 6.17. The number of imide groups is 1. The molecule has 0 unspecified atom stereocenters. The summed E-state index contributed by atoms with van der Waals surface area (Å²) in [6.45, 7) is 2.40. The number of benzene rings is 1. The predicted molar refractivity (Wildman–Crippen MR) is 65.2 cm³/mol. The van der Waals surface area contributed by atoms with Crippen LogP contribution in [0.15, 0.2) is 42.1 Å². The number of hydrogen-bond acceptors (Lipinski definition) is 3. The number of carbonyl (C=O) groups excluding carboxylic acids is 2. The molecule has 0 aromatic heterocycles. The van der Waals surface area contributed by atoms with Crippen molar-refractivity contribution in [3.05, 3.63) is 42.1 Å². The molecule has 0 bridgehead atoms. The second kappa shape index (κ2) is 4.82. The van der Waals surface area contributed by atoms with Crippen LogP contribution >= 0.6 is 0 Å². The van der Waals surface area contributed by atoms with Gasteiger partial charge < -0.3 is 5.32 Å². The molecule has 1 aliphatic rings. The van der Waals surface area contributed by atoms with E-state index in [1.807, 2.05) is 37.3 Å². The zero-order valence-electron chi connectivity index (χ0n) is 9.64. The summed E-state index contributed by atoms with van der Waals surface area (Å²) in [5.41, 5.74) is 1.15. The molecule has 0 saturated heterocycles. The average Bonchev–Trinajstić information content (AvgIpc) is 2.59. The number of rotatable bonds is 4. The molecule has 4 heteroatoms. The standard InChI is InChI=1S/C13H14N2O2/c1-2-8-15-12(16)9-11(13(15)17)14-10-6-4-3-5-7-10/h3-7,9,14H,2,8H2,1H3. The first kappa shape index (κ1) is 11.4. The Kier molecular flexibility index (Phi) is 3.23. The normalized spacial score (nSPS) is 15.1. The Morgan fingerprint density at radius 1 is 1.18 bits per heavy atom. The molecule has 2 rings (SSSR count). The van der Waals surface area contributed by atoms with Crippen LogP contribution < -0.4 is 5.32 Å². The van der Waals surface area contributed by atoms with Crippen molar-refractivity contribution in [3.63, 3.8) is 0 Å². The molecule has 0 aliphatic carbocycles. The lowest BCUT2D eigenvalue weighted by Crippen LogP contribution is -2.32. The summed E-state index contributed by atoms with van der Waals surface area (Å²) in [4.78, 5) is 24.7. The Labute approximate surface area is 99.9 Å². The van der Waals surface area contributed by atoms with Crippen LogP contribution in [0.1, 0.15) is 13.3 Å². The third-order valence-electron chi connectivity index (χ3n) is 2.51. The molecule has 1 aliphatic heterocycles. The highest BCUT2D eigenvalue weighted by atomic mass is 16.2. The number of para-hydroxylation sites is 1. The molecular formula is C13H14N2O2. The topological polar surface area (TPSA) is 49.4 Å². The monoisotopic (exact) mass is 230 g/mol. The summed E-state index contributed by atoms with van der Waals surface area (Å²) >= 11 is 0. The van der Waals surface area contributed by atoms with E-state index < -0.39 is 0 Å². The summed E-state index contributed by atoms with van der Waals surface area (Å²) < 4.78 is 0. The van der Waals surface area contributed by atoms with Gasteiger partial charge in [0.1, 0.15) is 5.70 Å². The van der Waals surface area contributed by atoms with Crippen LogP contribution in [0.5, 0.6) is 0 Å². The SMILES string of the molecule is CCCN1C(=O)C=C(Nc2ccccc2)C1=O. The van der Waals surface area contributed by atoms with Gasteiger partial charge in [-0.05, 0) is 18.6 Å². The third kappa shape index (κ3) is 2.36. The van der Waals surface area contributed by atoms with Crippen molar-refractivity contribution in [1.29, 1.82) is 0 Å². The van der Waals surface area contributed by atoms with E-state index in [1.54, 1.807) is 0 Å². The van der Waals surface area contributed by atoms with Gasteiger partial charge in [0.2, 0.25) is 0 Å². The van der Waals surface area contributed by atoms with Crippen molar-refractivity contribution in [3.8, 4) is 0 Å². The quantitative estimate of drug-likeness (QED) is 0.802. The molecule has 0 atom stereocenters. The maximum Gasteiger partial charge on any atom is 0.277 e. The van der Waals surface area contributed by atoms with E-state index in [4.69, 9.17) is 0 Å². The van der Waals surface area contributed by atoms with Gasteiger partial charge in [-0.15, -0.1) is 0 Å². The fourth-order valence-corrected chi connectivity index (χ4v) is 1.71. The smallest absolute Gasteiger partial charge is 0.277 e. The van der Waals surface area contributed by atoms with Gasteiger partial charge in [0, 0.05) is 18.3 Å². The molecule has 0 spiro atoms. The molecule has 0 radical (unpaired) electrons. The molecule has 1 N–H and O–H groups in total. The zero-order valence-corrected chi connectivity index (χ0v) is 9.64. The first-order chi connectivity index (χ1) is 8.22. The summed E-state index contributed by atoms with van der Waals surface area (Å²) in [5, 5.41) is 2.96. The Hall–Kier alpha value is -2.10. The lowest BCUT2D eigenvalue weighted by molar-refractivity contribution is -0.137. The van der Waals surface area contributed by atoms with Crippen molar-refractivity contribution in [2.45, 2.75) is 13.3 Å². The molecule has 1 aromatic rings. The minimum Gasteiger partial charge on any atom is -0.351 e. The van der Waals surface area contributed by atoms with E-state index >= 15 is 0 Å². The van der Waals surface area contributed by atoms with Crippen molar-refractivity contribution >= 4 is 17.5 Å². The highest BCUT2D eigenvalue weighted by Crippen LogP contribution is 2.16. The van der Waals surface area contributed by atoms with E-state index in [0.29, 0.717) is 12.2 Å². The molecule has 88 valence electrons. The van der Waals surface area contributed by atoms with Crippen molar-refractivity contribution in [2.75, 3.05) is 11.9 Å². The summed E-state index contributed by atoms with van der Waals surface area (Å²) in [6, 6.07) is 9.33. The second-order valence-corrected chi connectivity index (χ2v) is 3.84. The van der Waals surface area contributed by atoms with E-state index in [1.165, 1.54) is 11.0 Å². The molecule has 1 aromatic carbocycles. The first-order valence-corrected chi connectivity index (χ1v) is 5.62. The van der Waals surface area contributed by atoms with Gasteiger partial charge >= 0.3 is 0 Å². The van der Waals surface area contributed by atoms with Crippen LogP contribution in [0.2, 0.25) is 0 Å². The van der Waals surface area contributed by atoms with E-state index in [0.717, 1.165) is 12.1 Å². The fourth-order valence-electron chi connectivity index (χ4n) is 1.71. The molecule has 0 saturated carbocycles. The number of carbonyl (C=O) groups is 2. The van der Waals surface area contributed by atoms with Gasteiger partial charge in [-0.2, -0.15) is 0 Å². The summed E-state index contributed by atoms with van der Waals surface area (Å²) in [7, 11) is 0. The Morgan fingerprint density at radius 2 is 1.88 bits per heavy atom. The maximum atomic E-state index is 11.9. The van der Waals surface area contributed by atoms with Gasteiger partial charge in [0.25, 0.3) is 11.8 Å². The Bertz CT molecular complexity index is 466. The summed E-state index contributed by atoms with van der Waals surface area (Å²) in [6.07, 6.45) is 2.12. The average molecular weight is 230 g/mol. The van der Waals surface area contributed by atoms with Gasteiger partial charge in [0.05, 0.1) is 0 Å². The van der Waals surface area contributed by atoms with Crippen molar-refractivity contribution in [1.82, 2.24) is 4.90 Å². The number of nitrogens with zero attached hydrogens (tertiary/aromatic N) is 1. The van der Waals surface area contributed by atoms with E-state index in [9.17, 15) is 9.59 Å². The van der Waals surface area contributed by atoms with Gasteiger partial charge in [0.15, 0.2) is 0 Å². The lowest BCUT2D eigenvalue weighted by atomic mass is 10.3. The van der Waals surface area contributed by atoms with Crippen molar-refractivity contribution < 1.29 is 9.59 Å². The second-order valence-electron chi connectivity index (χ2n) is 3.84. The first-order valence-electron chi connectivity index (χ1n) is 5.62. The number of nitrogens with one attached hydrogen (secondary N) is 1. The third-order valence-corrected chi connectivity index (χ3v) is 2.51. The molecular weight excluding hydrogens is 216 g/mol. The molecule has 4 nitrogen and oxygen atoms in total. The van der Waals surface area contributed by atoms with Crippen LogP contribution in [0.25, 0.3) is 0 Å². The Morgan fingerprint density at radius 3 is 2.53 bits per heavy atom. The number of hydrogen-bond donors (Lipinski definition) is 1. The fraction of sp³-hybridized carbons (Fsp3) is 0.231. The number of amides is 2. The van der Waals surface area contributed by atoms with E-state index in [2.05, 4.69) is 5.32 Å². The lowest BCUT2D eigenvalue weighted by Gasteiger charge is -2.13. The van der Waals surface area contributed by atoms with Gasteiger partial charge in [-0.25, -0.2) is 0 Å². The number of anilines is 1. The Balaban J connectivity index is 2.11. The van der Waals surface area contributed by atoms with Gasteiger partial charge in [-0.1, -0.05) is 25.1 Å². The molecule has 17 heavy (non-hydrogen) atoms. The van der Waals surface area contributed by atoms with Crippen LogP contribution in [0, 0.1) is 0 Å². The highest BCUT2D eigenvalue weighted by Gasteiger charge is 2.30. The zero-order chi connectivity index (χ0) is 12.3. The minimum atomic E-state index is -0.249. The maximum absolute atomic E-state index is 11.9. The minimum absolute atomic E-state index is 0.240. The van der Waals surface area contributed by atoms with E-state index in [-0.39, 0.29) is 11.8 Å².